The molecule has 6 heteroatoms. The van der Waals surface area contributed by atoms with Crippen molar-refractivity contribution in [2.24, 2.45) is 0 Å². The van der Waals surface area contributed by atoms with Crippen molar-refractivity contribution >= 4 is 12.0 Å². The Balaban J connectivity index is 2.63. The topological polar surface area (TPSA) is 69.6 Å². The molecule has 1 aromatic heterocycles. The maximum absolute atomic E-state index is 10.6. The minimum Gasteiger partial charge on any atom is -0.465 e. The molecule has 6 nitrogen and oxygen atoms in total. The summed E-state index contributed by atoms with van der Waals surface area (Å²) in [6.45, 7) is 4.80. The van der Waals surface area contributed by atoms with Crippen LogP contribution in [0.25, 0.3) is 0 Å². The van der Waals surface area contributed by atoms with Gasteiger partial charge in [0.2, 0.25) is 5.95 Å². The van der Waals surface area contributed by atoms with Crippen molar-refractivity contribution in [3.8, 4) is 0 Å². The van der Waals surface area contributed by atoms with Gasteiger partial charge in [0.25, 0.3) is 0 Å². The van der Waals surface area contributed by atoms with Crippen LogP contribution in [0.5, 0.6) is 0 Å². The first kappa shape index (κ1) is 13.2. The number of nitrogens with zero attached hydrogens (tertiary/aromatic N) is 4. The van der Waals surface area contributed by atoms with E-state index in [2.05, 4.69) is 9.97 Å². The molecule has 0 spiro atoms. The van der Waals surface area contributed by atoms with Gasteiger partial charge in [0.1, 0.15) is 0 Å². The molecular weight excluding hydrogens is 220 g/mol. The maximum atomic E-state index is 10.6. The molecule has 0 unspecified atom stereocenters. The molecule has 0 saturated carbocycles. The van der Waals surface area contributed by atoms with Crippen molar-refractivity contribution in [1.82, 2.24) is 14.9 Å². The van der Waals surface area contributed by atoms with Gasteiger partial charge in [-0.15, -0.1) is 0 Å². The minimum atomic E-state index is -0.931. The zero-order chi connectivity index (χ0) is 13.0. The first-order chi connectivity index (χ1) is 7.90. The van der Waals surface area contributed by atoms with E-state index < -0.39 is 6.09 Å². The second-order valence-electron chi connectivity index (χ2n) is 4.08. The van der Waals surface area contributed by atoms with Crippen LogP contribution in [-0.2, 0) is 0 Å². The zero-order valence-electron chi connectivity index (χ0n) is 10.6. The van der Waals surface area contributed by atoms with E-state index in [-0.39, 0.29) is 0 Å². The molecule has 0 aliphatic rings. The summed E-state index contributed by atoms with van der Waals surface area (Å²) in [4.78, 5) is 22.3. The molecule has 94 valence electrons. The Hall–Kier alpha value is -1.85. The van der Waals surface area contributed by atoms with Gasteiger partial charge in [-0.3, -0.25) is 0 Å². The largest absolute Gasteiger partial charge is 0.465 e. The van der Waals surface area contributed by atoms with E-state index in [1.807, 2.05) is 31.9 Å². The average Bonchev–Trinajstić information content (AvgIpc) is 2.23. The van der Waals surface area contributed by atoms with Crippen LogP contribution in [0.3, 0.4) is 0 Å². The third kappa shape index (κ3) is 3.90. The molecule has 1 rings (SSSR count). The average molecular weight is 238 g/mol. The molecule has 0 saturated heterocycles. The van der Waals surface area contributed by atoms with Crippen molar-refractivity contribution in [1.29, 1.82) is 0 Å². The highest BCUT2D eigenvalue weighted by molar-refractivity contribution is 5.64. The number of hydrogen-bond acceptors (Lipinski definition) is 4. The summed E-state index contributed by atoms with van der Waals surface area (Å²) in [5.41, 5.74) is 1.82. The number of likely N-dealkylation sites (N-methyl/N-ethyl adjacent to an activating group) is 2. The minimum absolute atomic E-state index is 0.419. The number of carbonyl (C=O) groups is 1. The number of aromatic nitrogens is 2. The summed E-state index contributed by atoms with van der Waals surface area (Å²) < 4.78 is 0. The molecule has 1 heterocycles. The lowest BCUT2D eigenvalue weighted by Crippen LogP contribution is -2.34. The second-order valence-corrected chi connectivity index (χ2v) is 4.08. The number of anilines is 1. The van der Waals surface area contributed by atoms with Crippen molar-refractivity contribution in [2.45, 2.75) is 13.8 Å². The molecule has 0 aromatic carbocycles. The maximum Gasteiger partial charge on any atom is 0.407 e. The summed E-state index contributed by atoms with van der Waals surface area (Å²) in [6.07, 6.45) is -0.931. The molecule has 0 aliphatic heterocycles. The zero-order valence-corrected chi connectivity index (χ0v) is 10.6. The van der Waals surface area contributed by atoms with Gasteiger partial charge in [0.05, 0.1) is 0 Å². The van der Waals surface area contributed by atoms with Crippen LogP contribution in [0.15, 0.2) is 6.07 Å². The van der Waals surface area contributed by atoms with E-state index in [0.717, 1.165) is 11.4 Å². The van der Waals surface area contributed by atoms with Crippen molar-refractivity contribution in [2.75, 3.05) is 32.1 Å². The lowest BCUT2D eigenvalue weighted by molar-refractivity contribution is 0.157. The number of rotatable bonds is 4. The van der Waals surface area contributed by atoms with E-state index >= 15 is 0 Å². The highest BCUT2D eigenvalue weighted by Gasteiger charge is 2.09. The van der Waals surface area contributed by atoms with E-state index in [0.29, 0.717) is 19.0 Å². The molecule has 0 atom stereocenters. The predicted octanol–water partition coefficient (Wildman–Crippen LogP) is 1.14. The molecule has 0 aliphatic carbocycles. The quantitative estimate of drug-likeness (QED) is 0.851. The third-order valence-electron chi connectivity index (χ3n) is 2.41. The summed E-state index contributed by atoms with van der Waals surface area (Å²) in [7, 11) is 3.39. The first-order valence-corrected chi connectivity index (χ1v) is 5.37. The molecule has 0 bridgehead atoms. The summed E-state index contributed by atoms with van der Waals surface area (Å²) >= 11 is 0. The van der Waals surface area contributed by atoms with Gasteiger partial charge in [-0.1, -0.05) is 0 Å². The number of carboxylic acid groups (broad SMARTS) is 1. The van der Waals surface area contributed by atoms with Gasteiger partial charge in [-0.25, -0.2) is 14.8 Å². The van der Waals surface area contributed by atoms with Crippen LogP contribution in [0.1, 0.15) is 11.4 Å². The molecule has 1 N–H and O–H groups in total. The van der Waals surface area contributed by atoms with Crippen molar-refractivity contribution in [3.63, 3.8) is 0 Å². The van der Waals surface area contributed by atoms with E-state index in [1.54, 1.807) is 7.05 Å². The van der Waals surface area contributed by atoms with Gasteiger partial charge in [0, 0.05) is 38.6 Å². The SMILES string of the molecule is Cc1cc(C)nc(N(C)CCN(C)C(=O)O)n1. The van der Waals surface area contributed by atoms with E-state index in [4.69, 9.17) is 5.11 Å². The van der Waals surface area contributed by atoms with Gasteiger partial charge < -0.3 is 14.9 Å². The highest BCUT2D eigenvalue weighted by atomic mass is 16.4. The smallest absolute Gasteiger partial charge is 0.407 e. The van der Waals surface area contributed by atoms with Crippen LogP contribution < -0.4 is 4.90 Å². The Morgan fingerprint density at radius 3 is 2.24 bits per heavy atom. The standard InChI is InChI=1S/C11H18N4O2/c1-8-7-9(2)13-10(12-8)14(3)5-6-15(4)11(16)17/h7H,5-6H2,1-4H3,(H,16,17). The van der Waals surface area contributed by atoms with E-state index in [1.165, 1.54) is 4.90 Å². The first-order valence-electron chi connectivity index (χ1n) is 5.37. The van der Waals surface area contributed by atoms with Gasteiger partial charge in [-0.05, 0) is 19.9 Å². The fourth-order valence-corrected chi connectivity index (χ4v) is 1.37. The number of hydrogen-bond donors (Lipinski definition) is 1. The Morgan fingerprint density at radius 2 is 1.76 bits per heavy atom. The molecule has 1 aromatic rings. The number of amides is 1. The summed E-state index contributed by atoms with van der Waals surface area (Å²) in [5.74, 6) is 0.626. The Bertz CT molecular complexity index is 388. The third-order valence-corrected chi connectivity index (χ3v) is 2.41. The monoisotopic (exact) mass is 238 g/mol. The predicted molar refractivity (Wildman–Crippen MR) is 65.4 cm³/mol. The van der Waals surface area contributed by atoms with Crippen LogP contribution in [-0.4, -0.2) is 53.3 Å². The Kier molecular flexibility index (Phi) is 4.25. The molecule has 1 amide bonds. The van der Waals surface area contributed by atoms with Crippen LogP contribution in [0.2, 0.25) is 0 Å². The van der Waals surface area contributed by atoms with Gasteiger partial charge >= 0.3 is 6.09 Å². The fourth-order valence-electron chi connectivity index (χ4n) is 1.37. The fraction of sp³-hybridized carbons (Fsp3) is 0.545. The molecule has 0 fully saturated rings. The second kappa shape index (κ2) is 5.47. The highest BCUT2D eigenvalue weighted by Crippen LogP contribution is 2.07. The van der Waals surface area contributed by atoms with Crippen molar-refractivity contribution in [3.05, 3.63) is 17.5 Å². The van der Waals surface area contributed by atoms with Gasteiger partial charge in [-0.2, -0.15) is 0 Å². The van der Waals surface area contributed by atoms with Crippen LogP contribution in [0, 0.1) is 13.8 Å². The van der Waals surface area contributed by atoms with Crippen LogP contribution >= 0.6 is 0 Å². The van der Waals surface area contributed by atoms with Crippen LogP contribution in [0.4, 0.5) is 10.7 Å². The van der Waals surface area contributed by atoms with Gasteiger partial charge in [0.15, 0.2) is 0 Å². The lowest BCUT2D eigenvalue weighted by atomic mass is 10.3. The molecular formula is C11H18N4O2. The summed E-state index contributed by atoms with van der Waals surface area (Å²) in [6, 6.07) is 1.90. The summed E-state index contributed by atoms with van der Waals surface area (Å²) in [5, 5.41) is 8.73. The van der Waals surface area contributed by atoms with E-state index in [9.17, 15) is 4.79 Å². The molecule has 0 radical (unpaired) electrons. The lowest BCUT2D eigenvalue weighted by Gasteiger charge is -2.20. The Morgan fingerprint density at radius 1 is 1.24 bits per heavy atom. The molecule has 17 heavy (non-hydrogen) atoms. The Labute approximate surface area is 101 Å². The van der Waals surface area contributed by atoms with Crippen molar-refractivity contribution < 1.29 is 9.90 Å². The normalized spacial score (nSPS) is 10.1. The number of aryl methyl sites for hydroxylation is 2.